The molecular weight excluding hydrogens is 244 g/mol. The van der Waals surface area contributed by atoms with E-state index in [1.165, 1.54) is 0 Å². The average Bonchev–Trinajstić information content (AvgIpc) is 2.94. The molecule has 3 rings (SSSR count). The van der Waals surface area contributed by atoms with Gasteiger partial charge in [0.25, 0.3) is 0 Å². The number of rotatable bonds is 1. The molecule has 3 aromatic rings. The van der Waals surface area contributed by atoms with Gasteiger partial charge in [-0.2, -0.15) is 5.26 Å². The number of hydrogen-bond acceptors (Lipinski definition) is 4. The summed E-state index contributed by atoms with van der Waals surface area (Å²) in [7, 11) is 1.94. The maximum Gasteiger partial charge on any atom is 0.160 e. The second kappa shape index (κ2) is 3.93. The van der Waals surface area contributed by atoms with Gasteiger partial charge in [-0.15, -0.1) is 11.3 Å². The molecular formula is C13H10N4S. The van der Waals surface area contributed by atoms with Crippen molar-refractivity contribution in [3.8, 4) is 17.6 Å². The van der Waals surface area contributed by atoms with Crippen LogP contribution in [0, 0.1) is 18.3 Å². The van der Waals surface area contributed by atoms with E-state index in [2.05, 4.69) is 16.0 Å². The van der Waals surface area contributed by atoms with Crippen LogP contribution in [-0.2, 0) is 7.05 Å². The van der Waals surface area contributed by atoms with Gasteiger partial charge in [0.05, 0.1) is 27.7 Å². The minimum absolute atomic E-state index is 0.645. The van der Waals surface area contributed by atoms with Gasteiger partial charge in [-0.05, 0) is 25.1 Å². The van der Waals surface area contributed by atoms with Gasteiger partial charge in [0.15, 0.2) is 5.82 Å². The lowest BCUT2D eigenvalue weighted by Gasteiger charge is -1.98. The van der Waals surface area contributed by atoms with Crippen LogP contribution in [0.4, 0.5) is 0 Å². The van der Waals surface area contributed by atoms with E-state index in [1.54, 1.807) is 17.4 Å². The molecule has 0 saturated carbocycles. The Morgan fingerprint density at radius 3 is 2.83 bits per heavy atom. The molecule has 0 amide bonds. The predicted molar refractivity (Wildman–Crippen MR) is 71.3 cm³/mol. The summed E-state index contributed by atoms with van der Waals surface area (Å²) in [5.41, 5.74) is 3.37. The third-order valence-electron chi connectivity index (χ3n) is 2.86. The van der Waals surface area contributed by atoms with Gasteiger partial charge < -0.3 is 4.57 Å². The highest BCUT2D eigenvalue weighted by atomic mass is 32.1. The van der Waals surface area contributed by atoms with Gasteiger partial charge in [-0.3, -0.25) is 0 Å². The highest BCUT2D eigenvalue weighted by Gasteiger charge is 2.12. The predicted octanol–water partition coefficient (Wildman–Crippen LogP) is 2.88. The molecule has 2 aromatic heterocycles. The van der Waals surface area contributed by atoms with Crippen molar-refractivity contribution >= 4 is 22.4 Å². The minimum atomic E-state index is 0.645. The summed E-state index contributed by atoms with van der Waals surface area (Å²) < 4.78 is 1.98. The third kappa shape index (κ3) is 1.59. The summed E-state index contributed by atoms with van der Waals surface area (Å²) in [4.78, 5) is 9.02. The van der Waals surface area contributed by atoms with E-state index >= 15 is 0 Å². The highest BCUT2D eigenvalue weighted by molar-refractivity contribution is 7.09. The van der Waals surface area contributed by atoms with Crippen molar-refractivity contribution in [3.63, 3.8) is 0 Å². The summed E-state index contributed by atoms with van der Waals surface area (Å²) in [6, 6.07) is 7.65. The molecule has 0 spiro atoms. The Morgan fingerprint density at radius 2 is 2.17 bits per heavy atom. The van der Waals surface area contributed by atoms with Crippen LogP contribution < -0.4 is 0 Å². The van der Waals surface area contributed by atoms with E-state index in [0.29, 0.717) is 5.56 Å². The zero-order valence-electron chi connectivity index (χ0n) is 10.0. The summed E-state index contributed by atoms with van der Waals surface area (Å²) >= 11 is 1.61. The number of hydrogen-bond donors (Lipinski definition) is 0. The first-order valence-electron chi connectivity index (χ1n) is 5.48. The monoisotopic (exact) mass is 254 g/mol. The van der Waals surface area contributed by atoms with Crippen molar-refractivity contribution in [3.05, 3.63) is 34.2 Å². The topological polar surface area (TPSA) is 54.5 Å². The standard InChI is InChI=1S/C13H10N4S/c1-8-15-11(7-18-8)13-16-10-4-3-9(6-14)5-12(10)17(13)2/h3-5,7H,1-2H3. The van der Waals surface area contributed by atoms with Crippen LogP contribution in [0.3, 0.4) is 0 Å². The number of aromatic nitrogens is 3. The molecule has 0 atom stereocenters. The number of aryl methyl sites for hydroxylation is 2. The van der Waals surface area contributed by atoms with Gasteiger partial charge in [-0.1, -0.05) is 0 Å². The maximum absolute atomic E-state index is 8.92. The molecule has 1 aromatic carbocycles. The number of fused-ring (bicyclic) bond motifs is 1. The Morgan fingerprint density at radius 1 is 1.33 bits per heavy atom. The van der Waals surface area contributed by atoms with Crippen molar-refractivity contribution in [2.45, 2.75) is 6.92 Å². The Bertz CT molecular complexity index is 776. The van der Waals surface area contributed by atoms with Gasteiger partial charge in [-0.25, -0.2) is 9.97 Å². The molecule has 0 fully saturated rings. The highest BCUT2D eigenvalue weighted by Crippen LogP contribution is 2.25. The number of nitrogens with zero attached hydrogens (tertiary/aromatic N) is 4. The van der Waals surface area contributed by atoms with Crippen LogP contribution in [0.15, 0.2) is 23.6 Å². The first-order valence-corrected chi connectivity index (χ1v) is 6.36. The van der Waals surface area contributed by atoms with Gasteiger partial charge >= 0.3 is 0 Å². The SMILES string of the molecule is Cc1nc(-c2nc3ccc(C#N)cc3n2C)cs1. The molecule has 5 heteroatoms. The minimum Gasteiger partial charge on any atom is -0.326 e. The molecule has 0 radical (unpaired) electrons. The van der Waals surface area contributed by atoms with Crippen LogP contribution in [0.5, 0.6) is 0 Å². The van der Waals surface area contributed by atoms with Gasteiger partial charge in [0, 0.05) is 12.4 Å². The second-order valence-corrected chi connectivity index (χ2v) is 5.12. The Balaban J connectivity index is 2.26. The third-order valence-corrected chi connectivity index (χ3v) is 3.63. The van der Waals surface area contributed by atoms with Crippen LogP contribution in [0.25, 0.3) is 22.6 Å². The van der Waals surface area contributed by atoms with Gasteiger partial charge in [0.1, 0.15) is 5.69 Å². The molecule has 88 valence electrons. The Kier molecular flexibility index (Phi) is 2.39. The van der Waals surface area contributed by atoms with Crippen LogP contribution in [0.1, 0.15) is 10.6 Å². The number of benzene rings is 1. The number of imidazole rings is 1. The molecule has 2 heterocycles. The molecule has 18 heavy (non-hydrogen) atoms. The fourth-order valence-corrected chi connectivity index (χ4v) is 2.55. The van der Waals surface area contributed by atoms with Crippen molar-refractivity contribution in [2.24, 2.45) is 7.05 Å². The van der Waals surface area contributed by atoms with E-state index in [-0.39, 0.29) is 0 Å². The molecule has 0 aliphatic carbocycles. The summed E-state index contributed by atoms with van der Waals surface area (Å²) in [6.45, 7) is 1.98. The fourth-order valence-electron chi connectivity index (χ4n) is 1.95. The first kappa shape index (κ1) is 10.9. The smallest absolute Gasteiger partial charge is 0.160 e. The van der Waals surface area contributed by atoms with Crippen LogP contribution in [-0.4, -0.2) is 14.5 Å². The van der Waals surface area contributed by atoms with Crippen molar-refractivity contribution < 1.29 is 0 Å². The molecule has 0 aliphatic heterocycles. The quantitative estimate of drug-likeness (QED) is 0.671. The van der Waals surface area contributed by atoms with Crippen molar-refractivity contribution in [1.82, 2.24) is 14.5 Å². The average molecular weight is 254 g/mol. The van der Waals surface area contributed by atoms with Gasteiger partial charge in [0.2, 0.25) is 0 Å². The largest absolute Gasteiger partial charge is 0.326 e. The van der Waals surface area contributed by atoms with E-state index in [4.69, 9.17) is 5.26 Å². The lowest BCUT2D eigenvalue weighted by molar-refractivity contribution is 0.951. The molecule has 0 unspecified atom stereocenters. The molecule has 0 saturated heterocycles. The normalized spacial score (nSPS) is 10.7. The van der Waals surface area contributed by atoms with Crippen LogP contribution in [0.2, 0.25) is 0 Å². The Labute approximate surface area is 108 Å². The summed E-state index contributed by atoms with van der Waals surface area (Å²) in [6.07, 6.45) is 0. The molecule has 0 aliphatic rings. The van der Waals surface area contributed by atoms with Crippen LogP contribution >= 0.6 is 11.3 Å². The lowest BCUT2D eigenvalue weighted by Crippen LogP contribution is -1.92. The zero-order valence-corrected chi connectivity index (χ0v) is 10.8. The lowest BCUT2D eigenvalue weighted by atomic mass is 10.2. The van der Waals surface area contributed by atoms with Crippen molar-refractivity contribution in [1.29, 1.82) is 5.26 Å². The number of thiazole rings is 1. The summed E-state index contributed by atoms with van der Waals surface area (Å²) in [5, 5.41) is 11.9. The van der Waals surface area contributed by atoms with E-state index in [0.717, 1.165) is 27.6 Å². The molecule has 0 bridgehead atoms. The van der Waals surface area contributed by atoms with E-state index in [9.17, 15) is 0 Å². The first-order chi connectivity index (χ1) is 8.69. The fraction of sp³-hybridized carbons (Fsp3) is 0.154. The number of nitriles is 1. The summed E-state index contributed by atoms with van der Waals surface area (Å²) in [5.74, 6) is 0.837. The Hall–Kier alpha value is -2.19. The molecule has 0 N–H and O–H groups in total. The molecule has 4 nitrogen and oxygen atoms in total. The van der Waals surface area contributed by atoms with E-state index in [1.807, 2.05) is 36.1 Å². The second-order valence-electron chi connectivity index (χ2n) is 4.06. The van der Waals surface area contributed by atoms with E-state index < -0.39 is 0 Å². The van der Waals surface area contributed by atoms with Crippen molar-refractivity contribution in [2.75, 3.05) is 0 Å². The maximum atomic E-state index is 8.92. The zero-order chi connectivity index (χ0) is 12.7.